The Hall–Kier alpha value is -2.82. The fourth-order valence-corrected chi connectivity index (χ4v) is 3.31. The predicted octanol–water partition coefficient (Wildman–Crippen LogP) is 3.64. The maximum absolute atomic E-state index is 12.7. The van der Waals surface area contributed by atoms with Crippen LogP contribution in [0.2, 0.25) is 0 Å². The van der Waals surface area contributed by atoms with Crippen molar-refractivity contribution in [2.45, 2.75) is 32.7 Å². The summed E-state index contributed by atoms with van der Waals surface area (Å²) in [6, 6.07) is 14.7. The van der Waals surface area contributed by atoms with Crippen LogP contribution in [-0.2, 0) is 6.54 Å². The molecule has 1 saturated heterocycles. The van der Waals surface area contributed by atoms with E-state index in [1.165, 1.54) is 6.42 Å². The zero-order valence-electron chi connectivity index (χ0n) is 15.7. The van der Waals surface area contributed by atoms with Gasteiger partial charge in [-0.15, -0.1) is 0 Å². The van der Waals surface area contributed by atoms with Gasteiger partial charge in [0, 0.05) is 25.2 Å². The van der Waals surface area contributed by atoms with Crippen LogP contribution in [0.1, 0.15) is 52.5 Å². The lowest BCUT2D eigenvalue weighted by Crippen LogP contribution is -2.35. The van der Waals surface area contributed by atoms with E-state index in [-0.39, 0.29) is 11.8 Å². The van der Waals surface area contributed by atoms with Crippen LogP contribution in [-0.4, -0.2) is 36.4 Å². The van der Waals surface area contributed by atoms with Gasteiger partial charge >= 0.3 is 0 Å². The second-order valence-corrected chi connectivity index (χ2v) is 6.67. The molecule has 27 heavy (non-hydrogen) atoms. The van der Waals surface area contributed by atoms with E-state index in [1.807, 2.05) is 48.2 Å². The van der Waals surface area contributed by atoms with E-state index < -0.39 is 0 Å². The van der Waals surface area contributed by atoms with Crippen molar-refractivity contribution in [3.63, 3.8) is 0 Å². The molecule has 0 saturated carbocycles. The maximum Gasteiger partial charge on any atom is 0.255 e. The van der Waals surface area contributed by atoms with Gasteiger partial charge in [0.05, 0.1) is 12.2 Å². The van der Waals surface area contributed by atoms with Gasteiger partial charge in [-0.05, 0) is 56.0 Å². The minimum absolute atomic E-state index is 0.0737. The van der Waals surface area contributed by atoms with Crippen molar-refractivity contribution in [1.82, 2.24) is 10.2 Å². The van der Waals surface area contributed by atoms with Crippen molar-refractivity contribution in [3.8, 4) is 5.75 Å². The first-order valence-electron chi connectivity index (χ1n) is 9.57. The van der Waals surface area contributed by atoms with E-state index in [9.17, 15) is 9.59 Å². The number of hydrogen-bond acceptors (Lipinski definition) is 3. The van der Waals surface area contributed by atoms with Gasteiger partial charge in [-0.3, -0.25) is 9.59 Å². The van der Waals surface area contributed by atoms with Crippen LogP contribution >= 0.6 is 0 Å². The first kappa shape index (κ1) is 19.0. The number of rotatable bonds is 6. The van der Waals surface area contributed by atoms with Crippen LogP contribution in [0.4, 0.5) is 0 Å². The van der Waals surface area contributed by atoms with Gasteiger partial charge in [-0.1, -0.05) is 24.3 Å². The fourth-order valence-electron chi connectivity index (χ4n) is 3.31. The molecule has 1 heterocycles. The van der Waals surface area contributed by atoms with Gasteiger partial charge in [0.25, 0.3) is 11.8 Å². The summed E-state index contributed by atoms with van der Waals surface area (Å²) >= 11 is 0. The Morgan fingerprint density at radius 3 is 2.59 bits per heavy atom. The Bertz CT molecular complexity index is 798. The molecule has 1 aliphatic heterocycles. The van der Waals surface area contributed by atoms with Gasteiger partial charge in [-0.2, -0.15) is 0 Å². The van der Waals surface area contributed by atoms with Gasteiger partial charge in [0.1, 0.15) is 5.75 Å². The molecule has 0 aromatic heterocycles. The molecule has 142 valence electrons. The topological polar surface area (TPSA) is 58.6 Å². The summed E-state index contributed by atoms with van der Waals surface area (Å²) in [5.41, 5.74) is 2.10. The minimum Gasteiger partial charge on any atom is -0.493 e. The number of nitrogens with zero attached hydrogens (tertiary/aromatic N) is 1. The molecule has 1 fully saturated rings. The minimum atomic E-state index is -0.188. The van der Waals surface area contributed by atoms with E-state index in [0.717, 1.165) is 31.5 Å². The van der Waals surface area contributed by atoms with Crippen LogP contribution in [0.15, 0.2) is 48.5 Å². The van der Waals surface area contributed by atoms with E-state index in [0.29, 0.717) is 30.0 Å². The molecule has 0 unspecified atom stereocenters. The SMILES string of the molecule is CCOc1ccccc1C(=O)NCc1cccc(C(=O)N2CCCCC2)c1. The number of ether oxygens (including phenoxy) is 1. The third-order valence-corrected chi connectivity index (χ3v) is 4.70. The Morgan fingerprint density at radius 2 is 1.81 bits per heavy atom. The average Bonchev–Trinajstić information content (AvgIpc) is 2.73. The molecule has 0 aliphatic carbocycles. The normalized spacial score (nSPS) is 13.9. The number of hydrogen-bond donors (Lipinski definition) is 1. The Kier molecular flexibility index (Phi) is 6.47. The highest BCUT2D eigenvalue weighted by Gasteiger charge is 2.18. The number of amides is 2. The molecule has 3 rings (SSSR count). The van der Waals surface area contributed by atoms with Crippen molar-refractivity contribution in [1.29, 1.82) is 0 Å². The van der Waals surface area contributed by atoms with Gasteiger partial charge < -0.3 is 15.0 Å². The second kappa shape index (κ2) is 9.21. The molecule has 2 amide bonds. The Labute approximate surface area is 160 Å². The third kappa shape index (κ3) is 4.88. The number of benzene rings is 2. The fraction of sp³-hybridized carbons (Fsp3) is 0.364. The lowest BCUT2D eigenvalue weighted by Gasteiger charge is -2.26. The van der Waals surface area contributed by atoms with Crippen molar-refractivity contribution in [2.75, 3.05) is 19.7 Å². The van der Waals surface area contributed by atoms with E-state index >= 15 is 0 Å². The maximum atomic E-state index is 12.7. The summed E-state index contributed by atoms with van der Waals surface area (Å²) in [5.74, 6) is 0.461. The van der Waals surface area contributed by atoms with Gasteiger partial charge in [0.15, 0.2) is 0 Å². The lowest BCUT2D eigenvalue weighted by atomic mass is 10.1. The molecule has 0 bridgehead atoms. The Balaban J connectivity index is 1.64. The zero-order chi connectivity index (χ0) is 19.1. The Morgan fingerprint density at radius 1 is 1.04 bits per heavy atom. The molecule has 5 nitrogen and oxygen atoms in total. The molecule has 5 heteroatoms. The molecule has 1 N–H and O–H groups in total. The largest absolute Gasteiger partial charge is 0.493 e. The van der Waals surface area contributed by atoms with E-state index in [4.69, 9.17) is 4.74 Å². The number of piperidine rings is 1. The van der Waals surface area contributed by atoms with E-state index in [2.05, 4.69) is 5.32 Å². The summed E-state index contributed by atoms with van der Waals surface area (Å²) in [6.07, 6.45) is 3.33. The zero-order valence-corrected chi connectivity index (χ0v) is 15.7. The van der Waals surface area contributed by atoms with Crippen LogP contribution < -0.4 is 10.1 Å². The number of nitrogens with one attached hydrogen (secondary N) is 1. The summed E-state index contributed by atoms with van der Waals surface area (Å²) in [7, 11) is 0. The average molecular weight is 366 g/mol. The molecule has 0 atom stereocenters. The van der Waals surface area contributed by atoms with Crippen LogP contribution in [0.5, 0.6) is 5.75 Å². The second-order valence-electron chi connectivity index (χ2n) is 6.67. The molecule has 0 spiro atoms. The summed E-state index contributed by atoms with van der Waals surface area (Å²) < 4.78 is 5.52. The number of likely N-dealkylation sites (tertiary alicyclic amines) is 1. The number of carbonyl (C=O) groups excluding carboxylic acids is 2. The third-order valence-electron chi connectivity index (χ3n) is 4.70. The van der Waals surface area contributed by atoms with Crippen LogP contribution in [0.3, 0.4) is 0 Å². The molecule has 0 radical (unpaired) electrons. The highest BCUT2D eigenvalue weighted by atomic mass is 16.5. The van der Waals surface area contributed by atoms with Crippen molar-refractivity contribution in [3.05, 3.63) is 65.2 Å². The molecular weight excluding hydrogens is 340 g/mol. The van der Waals surface area contributed by atoms with Crippen molar-refractivity contribution >= 4 is 11.8 Å². The molecule has 1 aliphatic rings. The number of carbonyl (C=O) groups is 2. The van der Waals surface area contributed by atoms with Crippen molar-refractivity contribution in [2.24, 2.45) is 0 Å². The molecule has 2 aromatic carbocycles. The monoisotopic (exact) mass is 366 g/mol. The molecular formula is C22H26N2O3. The van der Waals surface area contributed by atoms with Gasteiger partial charge in [-0.25, -0.2) is 0 Å². The summed E-state index contributed by atoms with van der Waals surface area (Å²) in [4.78, 5) is 27.1. The van der Waals surface area contributed by atoms with Crippen LogP contribution in [0, 0.1) is 0 Å². The standard InChI is InChI=1S/C22H26N2O3/c1-2-27-20-12-5-4-11-19(20)21(25)23-16-17-9-8-10-18(15-17)22(26)24-13-6-3-7-14-24/h4-5,8-12,15H,2-3,6-7,13-14,16H2,1H3,(H,23,25). The first-order chi connectivity index (χ1) is 13.2. The predicted molar refractivity (Wildman–Crippen MR) is 105 cm³/mol. The van der Waals surface area contributed by atoms with Crippen molar-refractivity contribution < 1.29 is 14.3 Å². The first-order valence-corrected chi connectivity index (χ1v) is 9.57. The summed E-state index contributed by atoms with van der Waals surface area (Å²) in [5, 5.41) is 2.92. The quantitative estimate of drug-likeness (QED) is 0.849. The number of para-hydroxylation sites is 1. The summed E-state index contributed by atoms with van der Waals surface area (Å²) in [6.45, 7) is 4.41. The van der Waals surface area contributed by atoms with E-state index in [1.54, 1.807) is 12.1 Å². The van der Waals surface area contributed by atoms with Crippen LogP contribution in [0.25, 0.3) is 0 Å². The van der Waals surface area contributed by atoms with Gasteiger partial charge in [0.2, 0.25) is 0 Å². The highest BCUT2D eigenvalue weighted by Crippen LogP contribution is 2.18. The lowest BCUT2D eigenvalue weighted by molar-refractivity contribution is 0.0724. The molecule has 2 aromatic rings. The highest BCUT2D eigenvalue weighted by molar-refractivity contribution is 5.97. The smallest absolute Gasteiger partial charge is 0.255 e.